The van der Waals surface area contributed by atoms with Crippen molar-refractivity contribution in [2.24, 2.45) is 29.6 Å². The number of hydrogen-bond donors (Lipinski definition) is 1. The van der Waals surface area contributed by atoms with Crippen LogP contribution >= 0.6 is 0 Å². The molecule has 2 rings (SSSR count). The van der Waals surface area contributed by atoms with Crippen molar-refractivity contribution in [1.29, 1.82) is 0 Å². The molecular formula is C28H49NO9. The number of likely N-dealkylation sites (N-methyl/N-ethyl adjacent to an activating group) is 1. The summed E-state index contributed by atoms with van der Waals surface area (Å²) < 4.78 is 28.9. The molecule has 2 heterocycles. The summed E-state index contributed by atoms with van der Waals surface area (Å²) in [7, 11) is 5.02. The van der Waals surface area contributed by atoms with Gasteiger partial charge in [0.15, 0.2) is 12.4 Å². The van der Waals surface area contributed by atoms with Crippen LogP contribution in [0.15, 0.2) is 0 Å². The van der Waals surface area contributed by atoms with Crippen LogP contribution in [0.2, 0.25) is 0 Å². The molecule has 0 unspecified atom stereocenters. The van der Waals surface area contributed by atoms with Gasteiger partial charge in [-0.1, -0.05) is 34.6 Å². The average Bonchev–Trinajstić information content (AvgIpc) is 2.87. The molecule has 2 saturated heterocycles. The zero-order chi connectivity index (χ0) is 28.9. The molecule has 220 valence electrons. The first-order valence-electron chi connectivity index (χ1n) is 13.9. The summed E-state index contributed by atoms with van der Waals surface area (Å²) in [5, 5.41) is 10.9. The van der Waals surface area contributed by atoms with Gasteiger partial charge < -0.3 is 33.7 Å². The standard InChI is InChI=1S/C28H49NO9/c1-11-21-17(5)23(31)18(6)22(30)14(2)12-15(3)24(19(7)26(32)36-21)37-27-25(38-28(33)34-10)20(29(8)9)13-16(4)35-27/h14-21,23-25,27,31H,11-13H2,1-10H3/t14-,15+,16-,17+,18+,19-,20+,21-,23+,24+,25-,27+/m1/s1. The molecule has 1 N–H and O–H groups in total. The summed E-state index contributed by atoms with van der Waals surface area (Å²) in [5.41, 5.74) is 0. The number of ketones is 1. The lowest BCUT2D eigenvalue weighted by Gasteiger charge is -2.44. The Hall–Kier alpha value is -1.75. The van der Waals surface area contributed by atoms with Crippen molar-refractivity contribution >= 4 is 17.9 Å². The maximum Gasteiger partial charge on any atom is 0.508 e. The number of nitrogens with zero attached hydrogens (tertiary/aromatic N) is 1. The minimum Gasteiger partial charge on any atom is -0.462 e. The first-order chi connectivity index (χ1) is 17.7. The fourth-order valence-electron chi connectivity index (χ4n) is 5.88. The van der Waals surface area contributed by atoms with Crippen LogP contribution in [-0.2, 0) is 33.3 Å². The molecule has 0 aliphatic carbocycles. The van der Waals surface area contributed by atoms with Gasteiger partial charge in [-0.3, -0.25) is 9.59 Å². The Morgan fingerprint density at radius 2 is 1.66 bits per heavy atom. The molecule has 0 bridgehead atoms. The highest BCUT2D eigenvalue weighted by molar-refractivity contribution is 5.83. The zero-order valence-corrected chi connectivity index (χ0v) is 24.7. The Kier molecular flexibility index (Phi) is 12.0. The minimum absolute atomic E-state index is 0.0357. The van der Waals surface area contributed by atoms with E-state index in [0.29, 0.717) is 19.3 Å². The van der Waals surface area contributed by atoms with Gasteiger partial charge in [0.25, 0.3) is 0 Å². The minimum atomic E-state index is -0.964. The van der Waals surface area contributed by atoms with E-state index in [1.54, 1.807) is 20.8 Å². The number of carbonyl (C=O) groups is 3. The molecule has 0 spiro atoms. The number of aliphatic hydroxyl groups excluding tert-OH is 1. The van der Waals surface area contributed by atoms with E-state index < -0.39 is 60.6 Å². The number of Topliss-reactive ketones (excluding diaryl/α,β-unsaturated/α-hetero) is 1. The van der Waals surface area contributed by atoms with Crippen LogP contribution in [0.1, 0.15) is 67.7 Å². The van der Waals surface area contributed by atoms with Crippen molar-refractivity contribution in [3.8, 4) is 0 Å². The lowest BCUT2D eigenvalue weighted by Crippen LogP contribution is -2.57. The predicted octanol–water partition coefficient (Wildman–Crippen LogP) is 3.42. The number of cyclic esters (lactones) is 1. The highest BCUT2D eigenvalue weighted by atomic mass is 16.8. The number of hydrogen-bond acceptors (Lipinski definition) is 10. The number of methoxy groups -OCH3 is 1. The van der Waals surface area contributed by atoms with Gasteiger partial charge >= 0.3 is 12.1 Å². The van der Waals surface area contributed by atoms with E-state index in [1.165, 1.54) is 7.11 Å². The van der Waals surface area contributed by atoms with E-state index >= 15 is 0 Å². The van der Waals surface area contributed by atoms with Gasteiger partial charge in [0, 0.05) is 17.8 Å². The normalized spacial score (nSPS) is 41.6. The fraction of sp³-hybridized carbons (Fsp3) is 0.893. The van der Waals surface area contributed by atoms with E-state index in [0.717, 1.165) is 0 Å². The zero-order valence-electron chi connectivity index (χ0n) is 24.7. The molecule has 10 nitrogen and oxygen atoms in total. The van der Waals surface area contributed by atoms with Crippen molar-refractivity contribution in [2.45, 2.75) is 111 Å². The SMILES string of the molecule is CC[C@H]1OC(=O)[C@H](C)[C@@H](O[C@@H]2O[C@H](C)C[C@H](N(C)C)[C@H]2OC(=O)OC)[C@@H](C)C[C@@H](C)C(=O)[C@H](C)[C@@H](O)[C@H]1C. The third-order valence-corrected chi connectivity index (χ3v) is 8.33. The van der Waals surface area contributed by atoms with Gasteiger partial charge in [-0.25, -0.2) is 4.79 Å². The van der Waals surface area contributed by atoms with Crippen LogP contribution in [0.5, 0.6) is 0 Å². The second-order valence-electron chi connectivity index (χ2n) is 11.5. The Labute approximate surface area is 227 Å². The van der Waals surface area contributed by atoms with E-state index in [-0.39, 0.29) is 29.8 Å². The van der Waals surface area contributed by atoms with Crippen LogP contribution in [0, 0.1) is 29.6 Å². The van der Waals surface area contributed by atoms with Crippen molar-refractivity contribution in [1.82, 2.24) is 4.90 Å². The van der Waals surface area contributed by atoms with E-state index in [9.17, 15) is 19.5 Å². The highest BCUT2D eigenvalue weighted by Gasteiger charge is 2.46. The molecule has 12 atom stereocenters. The fourth-order valence-corrected chi connectivity index (χ4v) is 5.88. The lowest BCUT2D eigenvalue weighted by atomic mass is 9.78. The molecule has 0 aromatic heterocycles. The monoisotopic (exact) mass is 543 g/mol. The Morgan fingerprint density at radius 1 is 1.03 bits per heavy atom. The van der Waals surface area contributed by atoms with Gasteiger partial charge in [0.2, 0.25) is 0 Å². The number of esters is 1. The van der Waals surface area contributed by atoms with Gasteiger partial charge in [0.05, 0.1) is 37.4 Å². The Balaban J connectivity index is 2.45. The van der Waals surface area contributed by atoms with Crippen LogP contribution in [0.3, 0.4) is 0 Å². The molecule has 0 radical (unpaired) electrons. The summed E-state index contributed by atoms with van der Waals surface area (Å²) in [6, 6.07) is -0.209. The topological polar surface area (TPSA) is 121 Å². The lowest BCUT2D eigenvalue weighted by molar-refractivity contribution is -0.280. The summed E-state index contributed by atoms with van der Waals surface area (Å²) in [6.45, 7) is 12.9. The predicted molar refractivity (Wildman–Crippen MR) is 140 cm³/mol. The summed E-state index contributed by atoms with van der Waals surface area (Å²) in [6.07, 6.45) is -3.43. The summed E-state index contributed by atoms with van der Waals surface area (Å²) >= 11 is 0. The molecule has 0 aromatic rings. The first kappa shape index (κ1) is 32.5. The highest BCUT2D eigenvalue weighted by Crippen LogP contribution is 2.34. The quantitative estimate of drug-likeness (QED) is 0.516. The molecule has 10 heteroatoms. The smallest absolute Gasteiger partial charge is 0.462 e. The van der Waals surface area contributed by atoms with Crippen LogP contribution in [0.4, 0.5) is 4.79 Å². The number of aliphatic hydroxyl groups is 1. The maximum absolute atomic E-state index is 13.4. The number of carbonyl (C=O) groups excluding carboxylic acids is 3. The second-order valence-corrected chi connectivity index (χ2v) is 11.5. The molecular weight excluding hydrogens is 494 g/mol. The third kappa shape index (κ3) is 7.67. The third-order valence-electron chi connectivity index (χ3n) is 8.33. The van der Waals surface area contributed by atoms with Crippen molar-refractivity contribution < 1.29 is 43.2 Å². The summed E-state index contributed by atoms with van der Waals surface area (Å²) in [5.74, 6) is -2.82. The van der Waals surface area contributed by atoms with Gasteiger partial charge in [-0.05, 0) is 53.1 Å². The van der Waals surface area contributed by atoms with Gasteiger partial charge in [0.1, 0.15) is 11.9 Å². The Morgan fingerprint density at radius 3 is 2.21 bits per heavy atom. The van der Waals surface area contributed by atoms with Gasteiger partial charge in [-0.2, -0.15) is 0 Å². The second kappa shape index (κ2) is 14.1. The van der Waals surface area contributed by atoms with E-state index in [4.69, 9.17) is 23.7 Å². The molecule has 0 saturated carbocycles. The first-order valence-corrected chi connectivity index (χ1v) is 13.9. The number of rotatable bonds is 5. The molecule has 2 fully saturated rings. The Bertz CT molecular complexity index is 805. The van der Waals surface area contributed by atoms with Gasteiger partial charge in [-0.15, -0.1) is 0 Å². The summed E-state index contributed by atoms with van der Waals surface area (Å²) in [4.78, 5) is 40.8. The molecule has 2 aliphatic rings. The van der Waals surface area contributed by atoms with Crippen LogP contribution in [0.25, 0.3) is 0 Å². The molecule has 38 heavy (non-hydrogen) atoms. The van der Waals surface area contributed by atoms with E-state index in [1.807, 2.05) is 46.7 Å². The van der Waals surface area contributed by atoms with Crippen molar-refractivity contribution in [3.63, 3.8) is 0 Å². The molecule has 0 amide bonds. The average molecular weight is 544 g/mol. The molecule has 2 aliphatic heterocycles. The maximum atomic E-state index is 13.4. The van der Waals surface area contributed by atoms with Crippen molar-refractivity contribution in [3.05, 3.63) is 0 Å². The molecule has 0 aromatic carbocycles. The van der Waals surface area contributed by atoms with Crippen LogP contribution < -0.4 is 0 Å². The number of ether oxygens (including phenoxy) is 5. The largest absolute Gasteiger partial charge is 0.508 e. The van der Waals surface area contributed by atoms with Crippen molar-refractivity contribution in [2.75, 3.05) is 21.2 Å². The van der Waals surface area contributed by atoms with E-state index in [2.05, 4.69) is 0 Å². The van der Waals surface area contributed by atoms with Crippen LogP contribution in [-0.4, -0.2) is 92.0 Å².